The molecule has 0 aromatic heterocycles. The standard InChI is InChI=1S/C15H23F3O2/c16-15(17,18)13(20-14-3-1-2-6-19-14)9-12-8-10-4-5-11(12)7-10/h10-14H,1-9H2. The maximum absolute atomic E-state index is 13.2. The molecule has 1 heterocycles. The highest BCUT2D eigenvalue weighted by Gasteiger charge is 2.47. The van der Waals surface area contributed by atoms with Gasteiger partial charge in [0.2, 0.25) is 0 Å². The van der Waals surface area contributed by atoms with Crippen molar-refractivity contribution in [3.05, 3.63) is 0 Å². The molecule has 5 unspecified atom stereocenters. The van der Waals surface area contributed by atoms with Gasteiger partial charge < -0.3 is 9.47 Å². The Morgan fingerprint density at radius 1 is 1.10 bits per heavy atom. The minimum atomic E-state index is -4.28. The Bertz CT molecular complexity index is 326. The number of halogens is 3. The molecule has 3 fully saturated rings. The average molecular weight is 292 g/mol. The van der Waals surface area contributed by atoms with Crippen LogP contribution in [0.15, 0.2) is 0 Å². The first kappa shape index (κ1) is 14.6. The minimum absolute atomic E-state index is 0.129. The van der Waals surface area contributed by atoms with E-state index >= 15 is 0 Å². The van der Waals surface area contributed by atoms with E-state index in [4.69, 9.17) is 9.47 Å². The van der Waals surface area contributed by atoms with E-state index in [0.29, 0.717) is 24.9 Å². The summed E-state index contributed by atoms with van der Waals surface area (Å²) in [6.07, 6.45) is 0.373. The predicted molar refractivity (Wildman–Crippen MR) is 68.1 cm³/mol. The molecule has 2 bridgehead atoms. The molecule has 5 heteroatoms. The van der Waals surface area contributed by atoms with Crippen LogP contribution in [0.3, 0.4) is 0 Å². The molecule has 1 aliphatic heterocycles. The van der Waals surface area contributed by atoms with Gasteiger partial charge in [-0.3, -0.25) is 0 Å². The first-order chi connectivity index (χ1) is 9.52. The molecule has 3 aliphatic rings. The van der Waals surface area contributed by atoms with Crippen LogP contribution in [-0.2, 0) is 9.47 Å². The van der Waals surface area contributed by atoms with Crippen LogP contribution >= 0.6 is 0 Å². The van der Waals surface area contributed by atoms with Gasteiger partial charge in [0.05, 0.1) is 0 Å². The summed E-state index contributed by atoms with van der Waals surface area (Å²) in [5, 5.41) is 0. The summed E-state index contributed by atoms with van der Waals surface area (Å²) in [6.45, 7) is 0.517. The lowest BCUT2D eigenvalue weighted by atomic mass is 9.84. The predicted octanol–water partition coefficient (Wildman–Crippen LogP) is 4.29. The van der Waals surface area contributed by atoms with Crippen LogP contribution in [0.25, 0.3) is 0 Å². The average Bonchev–Trinajstić information content (AvgIpc) is 3.00. The van der Waals surface area contributed by atoms with Crippen LogP contribution < -0.4 is 0 Å². The van der Waals surface area contributed by atoms with Gasteiger partial charge in [0.1, 0.15) is 0 Å². The van der Waals surface area contributed by atoms with Crippen molar-refractivity contribution in [1.29, 1.82) is 0 Å². The van der Waals surface area contributed by atoms with Crippen molar-refractivity contribution in [3.63, 3.8) is 0 Å². The number of fused-ring (bicyclic) bond motifs is 2. The zero-order valence-electron chi connectivity index (χ0n) is 11.7. The van der Waals surface area contributed by atoms with Crippen LogP contribution in [-0.4, -0.2) is 25.2 Å². The smallest absolute Gasteiger partial charge is 0.353 e. The summed E-state index contributed by atoms with van der Waals surface area (Å²) >= 11 is 0. The zero-order chi connectivity index (χ0) is 14.2. The SMILES string of the molecule is FC(F)(F)C(CC1CC2CCC1C2)OC1CCCCO1. The molecule has 2 nitrogen and oxygen atoms in total. The van der Waals surface area contributed by atoms with Crippen molar-refractivity contribution in [2.75, 3.05) is 6.61 Å². The summed E-state index contributed by atoms with van der Waals surface area (Å²) in [7, 11) is 0. The molecule has 0 aromatic carbocycles. The Balaban J connectivity index is 1.58. The fraction of sp³-hybridized carbons (Fsp3) is 1.00. The normalized spacial score (nSPS) is 39.1. The summed E-state index contributed by atoms with van der Waals surface area (Å²) in [6, 6.07) is 0. The Hall–Kier alpha value is -0.290. The van der Waals surface area contributed by atoms with Crippen molar-refractivity contribution >= 4 is 0 Å². The third kappa shape index (κ3) is 3.30. The van der Waals surface area contributed by atoms with E-state index in [9.17, 15) is 13.2 Å². The summed E-state index contributed by atoms with van der Waals surface area (Å²) in [4.78, 5) is 0. The summed E-state index contributed by atoms with van der Waals surface area (Å²) in [5.74, 6) is 1.37. The highest BCUT2D eigenvalue weighted by molar-refractivity contribution is 4.92. The van der Waals surface area contributed by atoms with E-state index in [-0.39, 0.29) is 12.3 Å². The molecule has 0 amide bonds. The number of alkyl halides is 3. The molecule has 2 saturated carbocycles. The van der Waals surface area contributed by atoms with E-state index in [1.807, 2.05) is 0 Å². The summed E-state index contributed by atoms with van der Waals surface area (Å²) in [5.41, 5.74) is 0. The van der Waals surface area contributed by atoms with Crippen molar-refractivity contribution in [2.24, 2.45) is 17.8 Å². The first-order valence-corrected chi connectivity index (χ1v) is 7.86. The van der Waals surface area contributed by atoms with Gasteiger partial charge in [-0.25, -0.2) is 0 Å². The number of ether oxygens (including phenoxy) is 2. The molecule has 116 valence electrons. The second-order valence-electron chi connectivity index (χ2n) is 6.63. The first-order valence-electron chi connectivity index (χ1n) is 7.86. The molecule has 2 aliphatic carbocycles. The Labute approximate surface area is 118 Å². The maximum Gasteiger partial charge on any atom is 0.414 e. The van der Waals surface area contributed by atoms with Gasteiger partial charge in [0, 0.05) is 6.61 Å². The molecule has 3 rings (SSSR count). The van der Waals surface area contributed by atoms with E-state index in [2.05, 4.69) is 0 Å². The van der Waals surface area contributed by atoms with Crippen molar-refractivity contribution in [1.82, 2.24) is 0 Å². The maximum atomic E-state index is 13.2. The third-order valence-electron chi connectivity index (χ3n) is 5.22. The molecule has 5 atom stereocenters. The fourth-order valence-corrected chi connectivity index (χ4v) is 4.21. The van der Waals surface area contributed by atoms with Crippen LogP contribution in [0.5, 0.6) is 0 Å². The van der Waals surface area contributed by atoms with E-state index in [1.54, 1.807) is 0 Å². The van der Waals surface area contributed by atoms with Crippen molar-refractivity contribution in [2.45, 2.75) is 69.9 Å². The van der Waals surface area contributed by atoms with Gasteiger partial charge >= 0.3 is 6.18 Å². The molecular formula is C15H23F3O2. The van der Waals surface area contributed by atoms with Gasteiger partial charge in [0.25, 0.3) is 0 Å². The second-order valence-corrected chi connectivity index (χ2v) is 6.63. The van der Waals surface area contributed by atoms with Crippen molar-refractivity contribution in [3.8, 4) is 0 Å². The van der Waals surface area contributed by atoms with Gasteiger partial charge in [-0.15, -0.1) is 0 Å². The Morgan fingerprint density at radius 2 is 1.95 bits per heavy atom. The highest BCUT2D eigenvalue weighted by Crippen LogP contribution is 2.51. The van der Waals surface area contributed by atoms with Gasteiger partial charge in [-0.2, -0.15) is 13.2 Å². The number of rotatable bonds is 4. The quantitative estimate of drug-likeness (QED) is 0.769. The van der Waals surface area contributed by atoms with Crippen LogP contribution in [0.1, 0.15) is 51.4 Å². The van der Waals surface area contributed by atoms with E-state index < -0.39 is 18.6 Å². The number of hydrogen-bond donors (Lipinski definition) is 0. The molecule has 0 radical (unpaired) electrons. The topological polar surface area (TPSA) is 18.5 Å². The Morgan fingerprint density at radius 3 is 2.50 bits per heavy atom. The third-order valence-corrected chi connectivity index (χ3v) is 5.22. The fourth-order valence-electron chi connectivity index (χ4n) is 4.21. The van der Waals surface area contributed by atoms with Crippen molar-refractivity contribution < 1.29 is 22.6 Å². The van der Waals surface area contributed by atoms with Gasteiger partial charge in [-0.1, -0.05) is 6.42 Å². The monoisotopic (exact) mass is 292 g/mol. The molecule has 0 spiro atoms. The molecular weight excluding hydrogens is 269 g/mol. The largest absolute Gasteiger partial charge is 0.414 e. The lowest BCUT2D eigenvalue weighted by Gasteiger charge is -2.32. The zero-order valence-corrected chi connectivity index (χ0v) is 11.7. The molecule has 0 N–H and O–H groups in total. The van der Waals surface area contributed by atoms with Crippen LogP contribution in [0.4, 0.5) is 13.2 Å². The molecule has 20 heavy (non-hydrogen) atoms. The molecule has 0 aromatic rings. The lowest BCUT2D eigenvalue weighted by Crippen LogP contribution is -2.39. The number of hydrogen-bond acceptors (Lipinski definition) is 2. The summed E-state index contributed by atoms with van der Waals surface area (Å²) < 4.78 is 50.2. The van der Waals surface area contributed by atoms with Crippen LogP contribution in [0, 0.1) is 17.8 Å². The minimum Gasteiger partial charge on any atom is -0.353 e. The van der Waals surface area contributed by atoms with Gasteiger partial charge in [0.15, 0.2) is 12.4 Å². The lowest BCUT2D eigenvalue weighted by molar-refractivity contribution is -0.282. The van der Waals surface area contributed by atoms with E-state index in [1.165, 1.54) is 6.42 Å². The van der Waals surface area contributed by atoms with Crippen LogP contribution in [0.2, 0.25) is 0 Å². The molecule has 1 saturated heterocycles. The highest BCUT2D eigenvalue weighted by atomic mass is 19.4. The van der Waals surface area contributed by atoms with Gasteiger partial charge in [-0.05, 0) is 62.7 Å². The van der Waals surface area contributed by atoms with E-state index in [0.717, 1.165) is 32.1 Å². The second kappa shape index (κ2) is 5.84. The Kier molecular flexibility index (Phi) is 4.27.